The van der Waals surface area contributed by atoms with Gasteiger partial charge in [0.05, 0.1) is 0 Å². The molecule has 0 amide bonds. The number of likely N-dealkylation sites (tertiary alicyclic amines) is 1. The Morgan fingerprint density at radius 3 is 2.75 bits per heavy atom. The fourth-order valence-corrected chi connectivity index (χ4v) is 2.76. The molecule has 1 aromatic heterocycles. The molecule has 0 atom stereocenters. The van der Waals surface area contributed by atoms with Crippen molar-refractivity contribution in [2.24, 2.45) is 5.92 Å². The second kappa shape index (κ2) is 6.70. The summed E-state index contributed by atoms with van der Waals surface area (Å²) >= 11 is 0. The van der Waals surface area contributed by atoms with E-state index in [4.69, 9.17) is 5.11 Å². The molecule has 1 N–H and O–H groups in total. The van der Waals surface area contributed by atoms with E-state index >= 15 is 0 Å². The van der Waals surface area contributed by atoms with Crippen LogP contribution in [0.4, 0.5) is 0 Å². The Balaban J connectivity index is 1.96. The number of aromatic nitrogens is 1. The average molecular weight is 278 g/mol. The van der Waals surface area contributed by atoms with E-state index in [9.17, 15) is 9.59 Å². The summed E-state index contributed by atoms with van der Waals surface area (Å²) < 4.78 is 1.27. The molecular formula is C15H22N2O3. The van der Waals surface area contributed by atoms with E-state index in [-0.39, 0.29) is 12.1 Å². The van der Waals surface area contributed by atoms with Crippen LogP contribution in [-0.4, -0.2) is 40.7 Å². The van der Waals surface area contributed by atoms with Gasteiger partial charge in [-0.1, -0.05) is 6.07 Å². The van der Waals surface area contributed by atoms with Gasteiger partial charge in [0.1, 0.15) is 6.54 Å². The summed E-state index contributed by atoms with van der Waals surface area (Å²) in [5, 5.41) is 8.78. The van der Waals surface area contributed by atoms with E-state index in [2.05, 4.69) is 11.9 Å². The number of carbonyl (C=O) groups is 1. The van der Waals surface area contributed by atoms with E-state index in [0.29, 0.717) is 5.92 Å². The van der Waals surface area contributed by atoms with Crippen LogP contribution in [0.25, 0.3) is 0 Å². The largest absolute Gasteiger partial charge is 0.480 e. The van der Waals surface area contributed by atoms with Crippen molar-refractivity contribution >= 4 is 5.97 Å². The number of rotatable bonds is 5. The van der Waals surface area contributed by atoms with Gasteiger partial charge < -0.3 is 14.6 Å². The fourth-order valence-electron chi connectivity index (χ4n) is 2.76. The predicted octanol–water partition coefficient (Wildman–Crippen LogP) is 1.21. The lowest BCUT2D eigenvalue weighted by Gasteiger charge is -2.28. The number of hydrogen-bond acceptors (Lipinski definition) is 3. The summed E-state index contributed by atoms with van der Waals surface area (Å²) in [6.07, 6.45) is 5.67. The molecule has 1 saturated heterocycles. The third-order valence-electron chi connectivity index (χ3n) is 4.06. The number of hydrogen-bond donors (Lipinski definition) is 1. The standard InChI is InChI=1S/C15H22N2O3/c1-16-9-6-12(7-10-16)4-5-13-3-2-8-17(15(13)20)11-14(18)19/h2-3,8,12H,4-7,9-11H2,1H3,(H,18,19). The van der Waals surface area contributed by atoms with Gasteiger partial charge in [0.25, 0.3) is 5.56 Å². The third-order valence-corrected chi connectivity index (χ3v) is 4.06. The van der Waals surface area contributed by atoms with Crippen LogP contribution in [-0.2, 0) is 17.8 Å². The lowest BCUT2D eigenvalue weighted by molar-refractivity contribution is -0.137. The lowest BCUT2D eigenvalue weighted by atomic mass is 9.91. The highest BCUT2D eigenvalue weighted by molar-refractivity contribution is 5.66. The number of piperidine rings is 1. The topological polar surface area (TPSA) is 62.5 Å². The zero-order valence-electron chi connectivity index (χ0n) is 11.9. The van der Waals surface area contributed by atoms with Gasteiger partial charge in [-0.25, -0.2) is 0 Å². The molecule has 5 nitrogen and oxygen atoms in total. The molecule has 0 saturated carbocycles. The minimum Gasteiger partial charge on any atom is -0.480 e. The average Bonchev–Trinajstić information content (AvgIpc) is 2.41. The van der Waals surface area contributed by atoms with Gasteiger partial charge in [0.15, 0.2) is 0 Å². The highest BCUT2D eigenvalue weighted by Gasteiger charge is 2.17. The molecule has 0 bridgehead atoms. The maximum Gasteiger partial charge on any atom is 0.323 e. The van der Waals surface area contributed by atoms with Gasteiger partial charge in [-0.2, -0.15) is 0 Å². The van der Waals surface area contributed by atoms with E-state index in [1.165, 1.54) is 23.6 Å². The Morgan fingerprint density at radius 1 is 1.40 bits per heavy atom. The van der Waals surface area contributed by atoms with E-state index in [1.54, 1.807) is 6.07 Å². The van der Waals surface area contributed by atoms with Gasteiger partial charge >= 0.3 is 5.97 Å². The highest BCUT2D eigenvalue weighted by atomic mass is 16.4. The number of pyridine rings is 1. The molecule has 2 heterocycles. The van der Waals surface area contributed by atoms with Crippen molar-refractivity contribution in [3.63, 3.8) is 0 Å². The Bertz CT molecular complexity index is 516. The zero-order valence-corrected chi connectivity index (χ0v) is 11.9. The molecule has 0 spiro atoms. The summed E-state index contributed by atoms with van der Waals surface area (Å²) in [5.41, 5.74) is 0.565. The lowest BCUT2D eigenvalue weighted by Crippen LogP contribution is -2.31. The highest BCUT2D eigenvalue weighted by Crippen LogP contribution is 2.20. The smallest absolute Gasteiger partial charge is 0.323 e. The van der Waals surface area contributed by atoms with Gasteiger partial charge in [-0.3, -0.25) is 9.59 Å². The normalized spacial score (nSPS) is 17.2. The van der Waals surface area contributed by atoms with Crippen molar-refractivity contribution in [2.75, 3.05) is 20.1 Å². The van der Waals surface area contributed by atoms with Crippen LogP contribution in [0.1, 0.15) is 24.8 Å². The molecular weight excluding hydrogens is 256 g/mol. The predicted molar refractivity (Wildman–Crippen MR) is 76.9 cm³/mol. The molecule has 1 aliphatic rings. The van der Waals surface area contributed by atoms with Gasteiger partial charge in [-0.15, -0.1) is 0 Å². The molecule has 0 radical (unpaired) electrons. The van der Waals surface area contributed by atoms with E-state index < -0.39 is 5.97 Å². The van der Waals surface area contributed by atoms with Crippen LogP contribution in [0.3, 0.4) is 0 Å². The Kier molecular flexibility index (Phi) is 4.95. The van der Waals surface area contributed by atoms with Crippen LogP contribution in [0.2, 0.25) is 0 Å². The van der Waals surface area contributed by atoms with Crippen molar-refractivity contribution in [3.05, 3.63) is 34.2 Å². The summed E-state index contributed by atoms with van der Waals surface area (Å²) in [4.78, 5) is 25.2. The molecule has 0 unspecified atom stereocenters. The van der Waals surface area contributed by atoms with Crippen molar-refractivity contribution in [3.8, 4) is 0 Å². The summed E-state index contributed by atoms with van der Waals surface area (Å²) in [6, 6.07) is 3.57. The molecule has 110 valence electrons. The quantitative estimate of drug-likeness (QED) is 0.879. The first kappa shape index (κ1) is 14.8. The molecule has 1 aromatic rings. The maximum atomic E-state index is 12.1. The first-order chi connectivity index (χ1) is 9.56. The summed E-state index contributed by atoms with van der Waals surface area (Å²) in [7, 11) is 2.14. The molecule has 20 heavy (non-hydrogen) atoms. The second-order valence-corrected chi connectivity index (χ2v) is 5.65. The minimum atomic E-state index is -0.987. The zero-order chi connectivity index (χ0) is 14.5. The molecule has 5 heteroatoms. The number of nitrogens with zero attached hydrogens (tertiary/aromatic N) is 2. The van der Waals surface area contributed by atoms with Crippen molar-refractivity contribution < 1.29 is 9.90 Å². The number of aryl methyl sites for hydroxylation is 1. The fraction of sp³-hybridized carbons (Fsp3) is 0.600. The Hall–Kier alpha value is -1.62. The van der Waals surface area contributed by atoms with Crippen LogP contribution >= 0.6 is 0 Å². The first-order valence-electron chi connectivity index (χ1n) is 7.15. The van der Waals surface area contributed by atoms with Crippen molar-refractivity contribution in [2.45, 2.75) is 32.2 Å². The third kappa shape index (κ3) is 3.93. The Morgan fingerprint density at radius 2 is 2.10 bits per heavy atom. The molecule has 0 aliphatic carbocycles. The monoisotopic (exact) mass is 278 g/mol. The van der Waals surface area contributed by atoms with Crippen LogP contribution in [0.15, 0.2) is 23.1 Å². The number of carboxylic acid groups (broad SMARTS) is 1. The van der Waals surface area contributed by atoms with E-state index in [1.807, 2.05) is 6.07 Å². The van der Waals surface area contributed by atoms with E-state index in [0.717, 1.165) is 31.5 Å². The van der Waals surface area contributed by atoms with Crippen LogP contribution in [0, 0.1) is 5.92 Å². The van der Waals surface area contributed by atoms with Gasteiger partial charge in [0, 0.05) is 11.8 Å². The number of carboxylic acids is 1. The summed E-state index contributed by atoms with van der Waals surface area (Å²) in [6.45, 7) is 1.99. The van der Waals surface area contributed by atoms with Crippen LogP contribution < -0.4 is 5.56 Å². The van der Waals surface area contributed by atoms with Gasteiger partial charge in [-0.05, 0) is 57.8 Å². The minimum absolute atomic E-state index is 0.164. The Labute approximate surface area is 118 Å². The van der Waals surface area contributed by atoms with Crippen LogP contribution in [0.5, 0.6) is 0 Å². The molecule has 2 rings (SSSR count). The summed E-state index contributed by atoms with van der Waals surface area (Å²) in [5.74, 6) is -0.307. The molecule has 1 fully saturated rings. The number of aliphatic carboxylic acids is 1. The van der Waals surface area contributed by atoms with Crippen molar-refractivity contribution in [1.82, 2.24) is 9.47 Å². The molecule has 1 aliphatic heterocycles. The first-order valence-corrected chi connectivity index (χ1v) is 7.15. The SMILES string of the molecule is CN1CCC(CCc2cccn(CC(=O)O)c2=O)CC1. The van der Waals surface area contributed by atoms with Gasteiger partial charge in [0.2, 0.25) is 0 Å². The van der Waals surface area contributed by atoms with Crippen molar-refractivity contribution in [1.29, 1.82) is 0 Å². The second-order valence-electron chi connectivity index (χ2n) is 5.65. The maximum absolute atomic E-state index is 12.1. The molecule has 0 aromatic carbocycles.